The van der Waals surface area contributed by atoms with Crippen molar-refractivity contribution in [3.8, 4) is 0 Å². The van der Waals surface area contributed by atoms with E-state index in [1.807, 2.05) is 0 Å². The van der Waals surface area contributed by atoms with E-state index in [0.29, 0.717) is 18.0 Å². The minimum atomic E-state index is -0.571. The van der Waals surface area contributed by atoms with E-state index in [-0.39, 0.29) is 0 Å². The first kappa shape index (κ1) is 22.0. The summed E-state index contributed by atoms with van der Waals surface area (Å²) in [7, 11) is 0. The number of nitrogens with zero attached hydrogens (tertiary/aromatic N) is 1. The summed E-state index contributed by atoms with van der Waals surface area (Å²) in [5, 5.41) is 0. The van der Waals surface area contributed by atoms with Crippen molar-refractivity contribution in [3.63, 3.8) is 0 Å². The second-order valence-corrected chi connectivity index (χ2v) is 9.15. The third-order valence-corrected chi connectivity index (χ3v) is 6.69. The van der Waals surface area contributed by atoms with Crippen LogP contribution < -0.4 is 0 Å². The van der Waals surface area contributed by atoms with E-state index < -0.39 is 6.17 Å². The topological polar surface area (TPSA) is 3.24 Å². The first-order valence-electron chi connectivity index (χ1n) is 11.6. The van der Waals surface area contributed by atoms with Crippen LogP contribution in [-0.4, -0.2) is 29.7 Å². The highest BCUT2D eigenvalue weighted by Crippen LogP contribution is 2.34. The van der Waals surface area contributed by atoms with E-state index in [1.165, 1.54) is 23.1 Å². The largest absolute Gasteiger partial charge is 0.298 e. The minimum absolute atomic E-state index is 0.557. The molecule has 1 unspecified atom stereocenters. The molecule has 158 valence electrons. The number of alkyl halides is 1. The van der Waals surface area contributed by atoms with Gasteiger partial charge >= 0.3 is 0 Å². The Morgan fingerprint density at radius 1 is 0.828 bits per heavy atom. The Labute approximate surface area is 177 Å². The molecule has 2 aromatic rings. The Hall–Kier alpha value is -1.67. The SMILES string of the molecule is CC(C)N(CCc1ccccc1)C(C)CCc1ccc(C2CCC(F)CC2)cc1. The molecule has 1 nitrogen and oxygen atoms in total. The number of hydrogen-bond acceptors (Lipinski definition) is 1. The zero-order valence-electron chi connectivity index (χ0n) is 18.5. The average molecular weight is 396 g/mol. The maximum Gasteiger partial charge on any atom is 0.100 e. The standard InChI is InChI=1S/C27H38FN/c1-21(2)29(20-19-23-7-5-4-6-8-23)22(3)9-10-24-11-13-25(14-12-24)26-15-17-27(28)18-16-26/h4-8,11-14,21-22,26-27H,9-10,15-20H2,1-3H3. The molecule has 1 aliphatic carbocycles. The Morgan fingerprint density at radius 2 is 1.45 bits per heavy atom. The molecule has 0 aliphatic heterocycles. The zero-order chi connectivity index (χ0) is 20.6. The highest BCUT2D eigenvalue weighted by atomic mass is 19.1. The van der Waals surface area contributed by atoms with E-state index in [0.717, 1.165) is 45.1 Å². The summed E-state index contributed by atoms with van der Waals surface area (Å²) in [5.41, 5.74) is 4.25. The van der Waals surface area contributed by atoms with Gasteiger partial charge < -0.3 is 0 Å². The second kappa shape index (κ2) is 10.9. The number of aryl methyl sites for hydroxylation is 1. The quantitative estimate of drug-likeness (QED) is 0.444. The van der Waals surface area contributed by atoms with Gasteiger partial charge in [0.25, 0.3) is 0 Å². The molecule has 0 bridgehead atoms. The van der Waals surface area contributed by atoms with Crippen LogP contribution in [0.25, 0.3) is 0 Å². The van der Waals surface area contributed by atoms with Gasteiger partial charge in [0, 0.05) is 18.6 Å². The fraction of sp³-hybridized carbons (Fsp3) is 0.556. The van der Waals surface area contributed by atoms with E-state index in [2.05, 4.69) is 80.3 Å². The maximum atomic E-state index is 13.4. The summed E-state index contributed by atoms with van der Waals surface area (Å²) < 4.78 is 13.4. The van der Waals surface area contributed by atoms with Gasteiger partial charge in [-0.05, 0) is 88.3 Å². The Bertz CT molecular complexity index is 701. The van der Waals surface area contributed by atoms with Crippen molar-refractivity contribution >= 4 is 0 Å². The molecule has 0 saturated heterocycles. The normalized spacial score (nSPS) is 20.9. The van der Waals surface area contributed by atoms with Gasteiger partial charge in [0.2, 0.25) is 0 Å². The van der Waals surface area contributed by atoms with Gasteiger partial charge in [0.15, 0.2) is 0 Å². The third-order valence-electron chi connectivity index (χ3n) is 6.69. The Morgan fingerprint density at radius 3 is 2.07 bits per heavy atom. The van der Waals surface area contributed by atoms with Gasteiger partial charge in [-0.1, -0.05) is 54.6 Å². The molecule has 0 spiro atoms. The van der Waals surface area contributed by atoms with Crippen LogP contribution in [0.4, 0.5) is 4.39 Å². The minimum Gasteiger partial charge on any atom is -0.298 e. The molecule has 0 N–H and O–H groups in total. The number of benzene rings is 2. The van der Waals surface area contributed by atoms with Crippen LogP contribution in [-0.2, 0) is 12.8 Å². The molecule has 1 atom stereocenters. The number of rotatable bonds is 9. The van der Waals surface area contributed by atoms with Gasteiger partial charge in [-0.15, -0.1) is 0 Å². The van der Waals surface area contributed by atoms with Crippen LogP contribution in [0.15, 0.2) is 54.6 Å². The molecule has 29 heavy (non-hydrogen) atoms. The van der Waals surface area contributed by atoms with Crippen LogP contribution in [0.3, 0.4) is 0 Å². The van der Waals surface area contributed by atoms with E-state index in [4.69, 9.17) is 0 Å². The number of hydrogen-bond donors (Lipinski definition) is 0. The molecular formula is C27H38FN. The van der Waals surface area contributed by atoms with E-state index in [1.54, 1.807) is 0 Å². The third kappa shape index (κ3) is 6.67. The average Bonchev–Trinajstić information content (AvgIpc) is 2.74. The summed E-state index contributed by atoms with van der Waals surface area (Å²) in [5.74, 6) is 0.560. The molecule has 3 rings (SSSR count). The van der Waals surface area contributed by atoms with Gasteiger partial charge in [0.1, 0.15) is 6.17 Å². The smallest absolute Gasteiger partial charge is 0.100 e. The number of halogens is 1. The molecular weight excluding hydrogens is 357 g/mol. The summed E-state index contributed by atoms with van der Waals surface area (Å²) in [6.07, 6.45) is 6.31. The fourth-order valence-electron chi connectivity index (χ4n) is 4.77. The lowest BCUT2D eigenvalue weighted by Crippen LogP contribution is -2.40. The molecule has 1 aliphatic rings. The second-order valence-electron chi connectivity index (χ2n) is 9.15. The van der Waals surface area contributed by atoms with Crippen molar-refractivity contribution in [2.75, 3.05) is 6.54 Å². The lowest BCUT2D eigenvalue weighted by Gasteiger charge is -2.33. The molecule has 2 heteroatoms. The fourth-order valence-corrected chi connectivity index (χ4v) is 4.77. The Balaban J connectivity index is 1.49. The molecule has 0 heterocycles. The van der Waals surface area contributed by atoms with E-state index >= 15 is 0 Å². The first-order valence-corrected chi connectivity index (χ1v) is 11.6. The predicted octanol–water partition coefficient (Wildman–Crippen LogP) is 6.96. The van der Waals surface area contributed by atoms with Crippen molar-refractivity contribution in [1.29, 1.82) is 0 Å². The van der Waals surface area contributed by atoms with Crippen molar-refractivity contribution in [3.05, 3.63) is 71.3 Å². The summed E-state index contributed by atoms with van der Waals surface area (Å²) in [6.45, 7) is 8.10. The lowest BCUT2D eigenvalue weighted by atomic mass is 9.83. The summed E-state index contributed by atoms with van der Waals surface area (Å²) in [4.78, 5) is 2.64. The predicted molar refractivity (Wildman–Crippen MR) is 122 cm³/mol. The highest BCUT2D eigenvalue weighted by Gasteiger charge is 2.22. The molecule has 0 amide bonds. The van der Waals surface area contributed by atoms with Crippen LogP contribution in [0.5, 0.6) is 0 Å². The van der Waals surface area contributed by atoms with Crippen molar-refractivity contribution in [1.82, 2.24) is 4.90 Å². The van der Waals surface area contributed by atoms with Crippen LogP contribution >= 0.6 is 0 Å². The molecule has 0 aromatic heterocycles. The molecule has 1 saturated carbocycles. The Kier molecular flexibility index (Phi) is 8.29. The van der Waals surface area contributed by atoms with Crippen LogP contribution in [0.1, 0.15) is 75.5 Å². The van der Waals surface area contributed by atoms with Gasteiger partial charge in [0.05, 0.1) is 0 Å². The maximum absolute atomic E-state index is 13.4. The summed E-state index contributed by atoms with van der Waals surface area (Å²) >= 11 is 0. The summed E-state index contributed by atoms with van der Waals surface area (Å²) in [6, 6.07) is 21.1. The highest BCUT2D eigenvalue weighted by molar-refractivity contribution is 5.26. The monoisotopic (exact) mass is 395 g/mol. The van der Waals surface area contributed by atoms with Crippen LogP contribution in [0, 0.1) is 0 Å². The van der Waals surface area contributed by atoms with Crippen molar-refractivity contribution in [2.24, 2.45) is 0 Å². The van der Waals surface area contributed by atoms with Gasteiger partial charge in [-0.2, -0.15) is 0 Å². The molecule has 2 aromatic carbocycles. The van der Waals surface area contributed by atoms with Crippen molar-refractivity contribution in [2.45, 2.75) is 89.9 Å². The van der Waals surface area contributed by atoms with E-state index in [9.17, 15) is 4.39 Å². The van der Waals surface area contributed by atoms with Crippen molar-refractivity contribution < 1.29 is 4.39 Å². The molecule has 1 fully saturated rings. The van der Waals surface area contributed by atoms with Crippen LogP contribution in [0.2, 0.25) is 0 Å². The molecule has 0 radical (unpaired) electrons. The first-order chi connectivity index (χ1) is 14.0. The van der Waals surface area contributed by atoms with Gasteiger partial charge in [-0.3, -0.25) is 4.90 Å². The van der Waals surface area contributed by atoms with Gasteiger partial charge in [-0.25, -0.2) is 4.39 Å². The lowest BCUT2D eigenvalue weighted by molar-refractivity contribution is 0.158. The zero-order valence-corrected chi connectivity index (χ0v) is 18.5.